The molecule has 0 saturated heterocycles. The van der Waals surface area contributed by atoms with E-state index in [-0.39, 0.29) is 5.78 Å². The van der Waals surface area contributed by atoms with Crippen molar-refractivity contribution in [3.63, 3.8) is 0 Å². The topological polar surface area (TPSA) is 20.3 Å². The normalized spacial score (nSPS) is 10.5. The third-order valence-corrected chi connectivity index (χ3v) is 2.81. The summed E-state index contributed by atoms with van der Waals surface area (Å²) in [4.78, 5) is 13.5. The Hall–Kier alpha value is -1.02. The molecule has 1 rings (SSSR count). The van der Waals surface area contributed by atoms with Crippen LogP contribution in [-0.4, -0.2) is 18.9 Å². The summed E-state index contributed by atoms with van der Waals surface area (Å²) in [5.74, 6) is 0.00287. The molecule has 3 heteroatoms. The quantitative estimate of drug-likeness (QED) is 0.735. The molecule has 0 spiro atoms. The summed E-state index contributed by atoms with van der Waals surface area (Å²) in [5, 5.41) is 0.521. The Morgan fingerprint density at radius 2 is 2.00 bits per heavy atom. The lowest BCUT2D eigenvalue weighted by Gasteiger charge is -2.26. The molecule has 0 aliphatic heterocycles. The average molecular weight is 226 g/mol. The Balaban J connectivity index is 3.29. The Kier molecular flexibility index (Phi) is 3.75. The molecule has 0 bridgehead atoms. The number of carbonyl (C=O) groups excluding carboxylic acids is 1. The van der Waals surface area contributed by atoms with E-state index in [1.165, 1.54) is 0 Å². The Labute approximate surface area is 95.8 Å². The van der Waals surface area contributed by atoms with Crippen LogP contribution in [0.5, 0.6) is 0 Å². The zero-order valence-corrected chi connectivity index (χ0v) is 10.3. The van der Waals surface area contributed by atoms with Gasteiger partial charge in [-0.15, -0.1) is 0 Å². The molecule has 0 saturated carbocycles. The van der Waals surface area contributed by atoms with Gasteiger partial charge >= 0.3 is 0 Å². The predicted molar refractivity (Wildman–Crippen MR) is 65.0 cm³/mol. The van der Waals surface area contributed by atoms with E-state index in [1.807, 2.05) is 24.1 Å². The standard InChI is InChI=1S/C12H16ClNO/c1-8(2)14(4)11-7-5-6-10(13)12(11)9(3)15/h5-8H,1-4H3. The molecule has 0 fully saturated rings. The smallest absolute Gasteiger partial charge is 0.163 e. The van der Waals surface area contributed by atoms with Crippen molar-refractivity contribution in [1.29, 1.82) is 0 Å². The zero-order chi connectivity index (χ0) is 11.6. The first-order valence-corrected chi connectivity index (χ1v) is 5.35. The van der Waals surface area contributed by atoms with Gasteiger partial charge in [-0.05, 0) is 32.9 Å². The molecular weight excluding hydrogens is 210 g/mol. The fraction of sp³-hybridized carbons (Fsp3) is 0.417. The summed E-state index contributed by atoms with van der Waals surface area (Å²) in [7, 11) is 1.96. The molecule has 1 aromatic rings. The lowest BCUT2D eigenvalue weighted by molar-refractivity contribution is 0.101. The Bertz CT molecular complexity index is 374. The molecule has 0 aliphatic rings. The molecule has 0 unspecified atom stereocenters. The highest BCUT2D eigenvalue weighted by atomic mass is 35.5. The number of ketones is 1. The minimum absolute atomic E-state index is 0.00287. The SMILES string of the molecule is CC(=O)c1c(Cl)cccc1N(C)C(C)C. The number of nitrogens with zero attached hydrogens (tertiary/aromatic N) is 1. The lowest BCUT2D eigenvalue weighted by Crippen LogP contribution is -2.27. The summed E-state index contributed by atoms with van der Waals surface area (Å²) >= 11 is 6.03. The van der Waals surface area contributed by atoms with Gasteiger partial charge < -0.3 is 4.90 Å². The fourth-order valence-corrected chi connectivity index (χ4v) is 1.74. The summed E-state index contributed by atoms with van der Waals surface area (Å²) < 4.78 is 0. The average Bonchev–Trinajstić information content (AvgIpc) is 2.15. The molecule has 2 nitrogen and oxygen atoms in total. The molecule has 0 N–H and O–H groups in total. The first-order valence-electron chi connectivity index (χ1n) is 4.97. The van der Waals surface area contributed by atoms with Gasteiger partial charge in [-0.1, -0.05) is 17.7 Å². The monoisotopic (exact) mass is 225 g/mol. The predicted octanol–water partition coefficient (Wildman–Crippen LogP) is 3.39. The van der Waals surface area contributed by atoms with Gasteiger partial charge in [-0.2, -0.15) is 0 Å². The molecule has 0 amide bonds. The van der Waals surface area contributed by atoms with Crippen LogP contribution in [0.2, 0.25) is 5.02 Å². The molecule has 0 radical (unpaired) electrons. The largest absolute Gasteiger partial charge is 0.372 e. The van der Waals surface area contributed by atoms with Crippen LogP contribution in [0.15, 0.2) is 18.2 Å². The lowest BCUT2D eigenvalue weighted by atomic mass is 10.1. The first-order chi connectivity index (χ1) is 6.95. The number of hydrogen-bond donors (Lipinski definition) is 0. The second-order valence-electron chi connectivity index (χ2n) is 3.89. The van der Waals surface area contributed by atoms with Crippen LogP contribution in [0.3, 0.4) is 0 Å². The van der Waals surface area contributed by atoms with Gasteiger partial charge in [0.2, 0.25) is 0 Å². The van der Waals surface area contributed by atoms with E-state index >= 15 is 0 Å². The number of carbonyl (C=O) groups is 1. The number of halogens is 1. The zero-order valence-electron chi connectivity index (χ0n) is 9.54. The van der Waals surface area contributed by atoms with Crippen molar-refractivity contribution in [1.82, 2.24) is 0 Å². The Morgan fingerprint density at radius 1 is 1.40 bits per heavy atom. The summed E-state index contributed by atoms with van der Waals surface area (Å²) in [6, 6.07) is 5.86. The van der Waals surface area contributed by atoms with Crippen molar-refractivity contribution in [3.05, 3.63) is 28.8 Å². The van der Waals surface area contributed by atoms with Crippen LogP contribution in [0, 0.1) is 0 Å². The van der Waals surface area contributed by atoms with Crippen LogP contribution < -0.4 is 4.90 Å². The third-order valence-electron chi connectivity index (χ3n) is 2.50. The summed E-state index contributed by atoms with van der Waals surface area (Å²) in [6.45, 7) is 5.69. The second kappa shape index (κ2) is 4.67. The van der Waals surface area contributed by atoms with Crippen molar-refractivity contribution >= 4 is 23.1 Å². The van der Waals surface area contributed by atoms with Crippen LogP contribution >= 0.6 is 11.6 Å². The van der Waals surface area contributed by atoms with Gasteiger partial charge in [-0.25, -0.2) is 0 Å². The molecule has 1 aromatic carbocycles. The summed E-state index contributed by atoms with van der Waals surface area (Å²) in [5.41, 5.74) is 1.50. The van der Waals surface area contributed by atoms with E-state index in [4.69, 9.17) is 11.6 Å². The minimum atomic E-state index is 0.00287. The fourth-order valence-electron chi connectivity index (χ4n) is 1.43. The van der Waals surface area contributed by atoms with Gasteiger partial charge in [0.15, 0.2) is 5.78 Å². The number of anilines is 1. The number of benzene rings is 1. The van der Waals surface area contributed by atoms with Crippen LogP contribution in [0.4, 0.5) is 5.69 Å². The van der Waals surface area contributed by atoms with E-state index in [9.17, 15) is 4.79 Å². The van der Waals surface area contributed by atoms with Gasteiger partial charge in [0.25, 0.3) is 0 Å². The number of Topliss-reactive ketones (excluding diaryl/α,β-unsaturated/α-hetero) is 1. The van der Waals surface area contributed by atoms with E-state index in [0.717, 1.165) is 5.69 Å². The summed E-state index contributed by atoms with van der Waals surface area (Å²) in [6.07, 6.45) is 0. The van der Waals surface area contributed by atoms with E-state index in [2.05, 4.69) is 13.8 Å². The highest BCUT2D eigenvalue weighted by Crippen LogP contribution is 2.28. The second-order valence-corrected chi connectivity index (χ2v) is 4.30. The van der Waals surface area contributed by atoms with Crippen molar-refractivity contribution < 1.29 is 4.79 Å². The van der Waals surface area contributed by atoms with Crippen LogP contribution in [0.25, 0.3) is 0 Å². The van der Waals surface area contributed by atoms with E-state index < -0.39 is 0 Å². The number of rotatable bonds is 3. The molecular formula is C12H16ClNO. The van der Waals surface area contributed by atoms with Crippen LogP contribution in [0.1, 0.15) is 31.1 Å². The maximum absolute atomic E-state index is 11.5. The van der Waals surface area contributed by atoms with E-state index in [0.29, 0.717) is 16.6 Å². The molecule has 0 aliphatic carbocycles. The van der Waals surface area contributed by atoms with Crippen molar-refractivity contribution in [2.24, 2.45) is 0 Å². The van der Waals surface area contributed by atoms with Crippen molar-refractivity contribution in [2.75, 3.05) is 11.9 Å². The molecule has 15 heavy (non-hydrogen) atoms. The molecule has 0 aromatic heterocycles. The molecule has 0 atom stereocenters. The Morgan fingerprint density at radius 3 is 2.47 bits per heavy atom. The van der Waals surface area contributed by atoms with Gasteiger partial charge in [0, 0.05) is 18.8 Å². The number of hydrogen-bond acceptors (Lipinski definition) is 2. The van der Waals surface area contributed by atoms with Crippen LogP contribution in [-0.2, 0) is 0 Å². The first kappa shape index (κ1) is 12.1. The van der Waals surface area contributed by atoms with E-state index in [1.54, 1.807) is 13.0 Å². The minimum Gasteiger partial charge on any atom is -0.372 e. The molecule has 82 valence electrons. The molecule has 0 heterocycles. The highest BCUT2D eigenvalue weighted by molar-refractivity contribution is 6.34. The maximum atomic E-state index is 11.5. The van der Waals surface area contributed by atoms with Gasteiger partial charge in [0.1, 0.15) is 0 Å². The maximum Gasteiger partial charge on any atom is 0.163 e. The third kappa shape index (κ3) is 2.51. The van der Waals surface area contributed by atoms with Gasteiger partial charge in [0.05, 0.1) is 10.6 Å². The van der Waals surface area contributed by atoms with Crippen molar-refractivity contribution in [2.45, 2.75) is 26.8 Å². The van der Waals surface area contributed by atoms with Gasteiger partial charge in [-0.3, -0.25) is 4.79 Å². The van der Waals surface area contributed by atoms with Crippen molar-refractivity contribution in [3.8, 4) is 0 Å². The highest BCUT2D eigenvalue weighted by Gasteiger charge is 2.15.